The van der Waals surface area contributed by atoms with Crippen LogP contribution in [0.3, 0.4) is 0 Å². The summed E-state index contributed by atoms with van der Waals surface area (Å²) < 4.78 is 0. The van der Waals surface area contributed by atoms with Crippen molar-refractivity contribution in [2.24, 2.45) is 5.10 Å². The number of hydrazone groups is 1. The maximum absolute atomic E-state index is 4.11. The van der Waals surface area contributed by atoms with Gasteiger partial charge in [-0.3, -0.25) is 5.43 Å². The van der Waals surface area contributed by atoms with Gasteiger partial charge in [-0.2, -0.15) is 5.12 Å². The minimum Gasteiger partial charge on any atom is -0.288 e. The van der Waals surface area contributed by atoms with Crippen LogP contribution in [0, 0.1) is 0 Å². The molecule has 12 heavy (non-hydrogen) atoms. The number of hydrazine groups is 2. The van der Waals surface area contributed by atoms with Crippen LogP contribution in [0.5, 0.6) is 0 Å². The van der Waals surface area contributed by atoms with Crippen molar-refractivity contribution in [3.8, 4) is 0 Å². The third-order valence-electron chi connectivity index (χ3n) is 1.68. The van der Waals surface area contributed by atoms with Gasteiger partial charge in [0.05, 0.1) is 5.69 Å². The van der Waals surface area contributed by atoms with Crippen molar-refractivity contribution in [2.75, 3.05) is 12.2 Å². The molecule has 4 nitrogen and oxygen atoms in total. The zero-order valence-electron chi connectivity index (χ0n) is 6.81. The molecule has 1 aliphatic heterocycles. The first-order valence-electron chi connectivity index (χ1n) is 3.75. The maximum Gasteiger partial charge on any atom is 0.126 e. The fraction of sp³-hybridized carbons (Fsp3) is 0.125. The molecule has 1 aromatic carbocycles. The normalized spacial score (nSPS) is 16.6. The van der Waals surface area contributed by atoms with Crippen molar-refractivity contribution in [2.45, 2.75) is 0 Å². The first-order valence-corrected chi connectivity index (χ1v) is 3.75. The molecule has 1 aromatic rings. The number of hydrogen-bond donors (Lipinski definition) is 1. The fourth-order valence-corrected chi connectivity index (χ4v) is 1.10. The molecule has 0 spiro atoms. The number of hydrogen-bond acceptors (Lipinski definition) is 4. The molecule has 0 fully saturated rings. The molecule has 0 bridgehead atoms. The summed E-state index contributed by atoms with van der Waals surface area (Å²) in [6.45, 7) is 0. The Morgan fingerprint density at radius 1 is 1.25 bits per heavy atom. The molecule has 0 unspecified atom stereocenters. The van der Waals surface area contributed by atoms with Crippen molar-refractivity contribution in [3.05, 3.63) is 30.3 Å². The van der Waals surface area contributed by atoms with Crippen LogP contribution in [-0.4, -0.2) is 18.5 Å². The SMILES string of the molecule is CN1NC=NN1c1ccccc1. The van der Waals surface area contributed by atoms with Gasteiger partial charge in [-0.05, 0) is 12.1 Å². The molecular weight excluding hydrogens is 152 g/mol. The second-order valence-electron chi connectivity index (χ2n) is 2.52. The molecule has 0 aromatic heterocycles. The number of anilines is 1. The van der Waals surface area contributed by atoms with Crippen LogP contribution in [-0.2, 0) is 0 Å². The second-order valence-corrected chi connectivity index (χ2v) is 2.52. The van der Waals surface area contributed by atoms with Gasteiger partial charge in [-0.1, -0.05) is 18.2 Å². The first-order chi connectivity index (χ1) is 5.88. The summed E-state index contributed by atoms with van der Waals surface area (Å²) in [5.74, 6) is 0. The average molecular weight is 162 g/mol. The van der Waals surface area contributed by atoms with Crippen LogP contribution in [0.2, 0.25) is 0 Å². The quantitative estimate of drug-likeness (QED) is 0.662. The van der Waals surface area contributed by atoms with Crippen LogP contribution in [0.15, 0.2) is 35.4 Å². The fourth-order valence-electron chi connectivity index (χ4n) is 1.10. The smallest absolute Gasteiger partial charge is 0.126 e. The van der Waals surface area contributed by atoms with E-state index in [0.29, 0.717) is 0 Å². The van der Waals surface area contributed by atoms with Gasteiger partial charge in [-0.15, -0.1) is 10.2 Å². The summed E-state index contributed by atoms with van der Waals surface area (Å²) >= 11 is 0. The van der Waals surface area contributed by atoms with Crippen molar-refractivity contribution >= 4 is 12.0 Å². The highest BCUT2D eigenvalue weighted by Gasteiger charge is 2.12. The van der Waals surface area contributed by atoms with E-state index in [0.717, 1.165) is 5.69 Å². The minimum absolute atomic E-state index is 1.04. The number of nitrogens with one attached hydrogen (secondary N) is 1. The van der Waals surface area contributed by atoms with E-state index in [9.17, 15) is 0 Å². The molecule has 0 saturated carbocycles. The Morgan fingerprint density at radius 3 is 2.58 bits per heavy atom. The highest BCUT2D eigenvalue weighted by molar-refractivity contribution is 5.60. The van der Waals surface area contributed by atoms with E-state index >= 15 is 0 Å². The van der Waals surface area contributed by atoms with Crippen molar-refractivity contribution < 1.29 is 0 Å². The number of nitrogens with zero attached hydrogens (tertiary/aromatic N) is 3. The largest absolute Gasteiger partial charge is 0.288 e. The number of benzene rings is 1. The molecule has 1 N–H and O–H groups in total. The van der Waals surface area contributed by atoms with Gasteiger partial charge < -0.3 is 0 Å². The Morgan fingerprint density at radius 2 is 2.00 bits per heavy atom. The third-order valence-corrected chi connectivity index (χ3v) is 1.68. The molecule has 0 saturated heterocycles. The Balaban J connectivity index is 2.25. The third kappa shape index (κ3) is 1.12. The van der Waals surface area contributed by atoms with Crippen LogP contribution >= 0.6 is 0 Å². The van der Waals surface area contributed by atoms with Gasteiger partial charge in [0.1, 0.15) is 6.34 Å². The highest BCUT2D eigenvalue weighted by Crippen LogP contribution is 2.15. The molecule has 0 radical (unpaired) electrons. The van der Waals surface area contributed by atoms with Gasteiger partial charge in [0.2, 0.25) is 0 Å². The van der Waals surface area contributed by atoms with Crippen LogP contribution in [0.25, 0.3) is 0 Å². The molecule has 0 amide bonds. The Hall–Kier alpha value is -1.55. The van der Waals surface area contributed by atoms with E-state index in [1.807, 2.05) is 37.4 Å². The first kappa shape index (κ1) is 7.12. The second kappa shape index (κ2) is 2.83. The summed E-state index contributed by atoms with van der Waals surface area (Å²) in [6, 6.07) is 9.95. The minimum atomic E-state index is 1.04. The van der Waals surface area contributed by atoms with E-state index < -0.39 is 0 Å². The summed E-state index contributed by atoms with van der Waals surface area (Å²) in [4.78, 5) is 0. The average Bonchev–Trinajstić information content (AvgIpc) is 2.53. The molecule has 4 heteroatoms. The number of rotatable bonds is 1. The van der Waals surface area contributed by atoms with Crippen molar-refractivity contribution in [1.82, 2.24) is 10.5 Å². The Bertz CT molecular complexity index is 282. The molecule has 0 aliphatic carbocycles. The zero-order chi connectivity index (χ0) is 8.39. The summed E-state index contributed by atoms with van der Waals surface area (Å²) in [7, 11) is 1.90. The van der Waals surface area contributed by atoms with Crippen LogP contribution < -0.4 is 10.5 Å². The standard InChI is InChI=1S/C8H10N4/c1-11-9-7-10-12(11)8-5-3-2-4-6-8/h2-7H,1H3,(H,9,10). The van der Waals surface area contributed by atoms with Crippen molar-refractivity contribution in [3.63, 3.8) is 0 Å². The topological polar surface area (TPSA) is 30.9 Å². The molecule has 2 rings (SSSR count). The summed E-state index contributed by atoms with van der Waals surface area (Å²) in [5, 5.41) is 7.69. The lowest BCUT2D eigenvalue weighted by Gasteiger charge is -2.21. The van der Waals surface area contributed by atoms with E-state index in [1.165, 1.54) is 0 Å². The molecule has 0 atom stereocenters. The van der Waals surface area contributed by atoms with Gasteiger partial charge in [-0.25, -0.2) is 0 Å². The number of para-hydroxylation sites is 1. The van der Waals surface area contributed by atoms with Crippen LogP contribution in [0.4, 0.5) is 5.69 Å². The maximum atomic E-state index is 4.11. The van der Waals surface area contributed by atoms with Gasteiger partial charge >= 0.3 is 0 Å². The van der Waals surface area contributed by atoms with Gasteiger partial charge in [0.15, 0.2) is 0 Å². The predicted octanol–water partition coefficient (Wildman–Crippen LogP) is 0.801. The summed E-state index contributed by atoms with van der Waals surface area (Å²) in [5.41, 5.74) is 3.98. The lowest BCUT2D eigenvalue weighted by molar-refractivity contribution is 0.298. The van der Waals surface area contributed by atoms with E-state index in [1.54, 1.807) is 16.6 Å². The predicted molar refractivity (Wildman–Crippen MR) is 48.3 cm³/mol. The summed E-state index contributed by atoms with van der Waals surface area (Å²) in [6.07, 6.45) is 1.65. The van der Waals surface area contributed by atoms with Gasteiger partial charge in [0, 0.05) is 7.05 Å². The van der Waals surface area contributed by atoms with Crippen LogP contribution in [0.1, 0.15) is 0 Å². The zero-order valence-corrected chi connectivity index (χ0v) is 6.81. The van der Waals surface area contributed by atoms with E-state index in [4.69, 9.17) is 0 Å². The lowest BCUT2D eigenvalue weighted by atomic mass is 10.3. The molecular formula is C8H10N4. The van der Waals surface area contributed by atoms with E-state index in [2.05, 4.69) is 10.5 Å². The van der Waals surface area contributed by atoms with Crippen molar-refractivity contribution in [1.29, 1.82) is 0 Å². The van der Waals surface area contributed by atoms with Gasteiger partial charge in [0.25, 0.3) is 0 Å². The highest BCUT2D eigenvalue weighted by atomic mass is 15.9. The van der Waals surface area contributed by atoms with E-state index in [-0.39, 0.29) is 0 Å². The molecule has 1 heterocycles. The Kier molecular flexibility index (Phi) is 1.68. The Labute approximate surface area is 71.0 Å². The monoisotopic (exact) mass is 162 g/mol. The lowest BCUT2D eigenvalue weighted by Crippen LogP contribution is -2.38. The molecule has 1 aliphatic rings. The molecule has 62 valence electrons.